The third-order valence-corrected chi connectivity index (χ3v) is 4.43. The van der Waals surface area contributed by atoms with E-state index in [4.69, 9.17) is 14.2 Å². The number of esters is 1. The first-order chi connectivity index (χ1) is 12.5. The molecule has 0 radical (unpaired) electrons. The van der Waals surface area contributed by atoms with Crippen LogP contribution in [0.4, 0.5) is 0 Å². The van der Waals surface area contributed by atoms with E-state index in [-0.39, 0.29) is 24.3 Å². The maximum atomic E-state index is 12.5. The topological polar surface area (TPSA) is 73.9 Å². The number of cyclic esters (lactones) is 1. The number of hydrogen-bond donors (Lipinski definition) is 1. The van der Waals surface area contributed by atoms with Gasteiger partial charge < -0.3 is 19.5 Å². The fourth-order valence-electron chi connectivity index (χ4n) is 3.10. The molecule has 6 nitrogen and oxygen atoms in total. The molecule has 2 unspecified atom stereocenters. The first-order valence-electron chi connectivity index (χ1n) is 8.34. The van der Waals surface area contributed by atoms with Crippen molar-refractivity contribution in [1.82, 2.24) is 5.32 Å². The lowest BCUT2D eigenvalue weighted by atomic mass is 10.0. The van der Waals surface area contributed by atoms with Gasteiger partial charge in [-0.3, -0.25) is 4.79 Å². The molecule has 0 fully saturated rings. The molecule has 2 aromatic rings. The normalized spacial score (nSPS) is 16.4. The second-order valence-corrected chi connectivity index (χ2v) is 6.08. The average molecular weight is 355 g/mol. The predicted molar refractivity (Wildman–Crippen MR) is 95.3 cm³/mol. The van der Waals surface area contributed by atoms with Crippen LogP contribution in [0.1, 0.15) is 47.0 Å². The van der Waals surface area contributed by atoms with Gasteiger partial charge in [0.2, 0.25) is 5.91 Å². The van der Waals surface area contributed by atoms with Gasteiger partial charge in [-0.15, -0.1) is 0 Å². The largest absolute Gasteiger partial charge is 0.497 e. The van der Waals surface area contributed by atoms with Crippen LogP contribution in [0.3, 0.4) is 0 Å². The summed E-state index contributed by atoms with van der Waals surface area (Å²) in [5.41, 5.74) is 2.08. The summed E-state index contributed by atoms with van der Waals surface area (Å²) >= 11 is 0. The van der Waals surface area contributed by atoms with Gasteiger partial charge in [-0.2, -0.15) is 0 Å². The van der Waals surface area contributed by atoms with Crippen molar-refractivity contribution in [3.05, 3.63) is 59.2 Å². The molecule has 2 aromatic carbocycles. The highest BCUT2D eigenvalue weighted by Crippen LogP contribution is 2.33. The van der Waals surface area contributed by atoms with E-state index in [1.165, 1.54) is 0 Å². The Morgan fingerprint density at radius 2 is 1.96 bits per heavy atom. The second kappa shape index (κ2) is 7.47. The molecule has 136 valence electrons. The summed E-state index contributed by atoms with van der Waals surface area (Å²) < 4.78 is 15.9. The molecule has 1 amide bonds. The molecular formula is C20H21NO5. The Morgan fingerprint density at radius 3 is 2.69 bits per heavy atom. The molecule has 1 aliphatic rings. The number of carbonyl (C=O) groups is 2. The highest BCUT2D eigenvalue weighted by Gasteiger charge is 2.32. The molecule has 0 aliphatic carbocycles. The van der Waals surface area contributed by atoms with Crippen LogP contribution >= 0.6 is 0 Å². The minimum absolute atomic E-state index is 0.0688. The minimum Gasteiger partial charge on any atom is -0.497 e. The Morgan fingerprint density at radius 1 is 1.19 bits per heavy atom. The number of methoxy groups -OCH3 is 2. The number of amides is 1. The molecule has 1 N–H and O–H groups in total. The SMILES string of the molecule is COc1ccc(OC)c(C(C)NC(=O)CC2OC(=O)c3ccccc32)c1. The van der Waals surface area contributed by atoms with Crippen LogP contribution in [0.5, 0.6) is 11.5 Å². The molecule has 0 saturated heterocycles. The van der Waals surface area contributed by atoms with Gasteiger partial charge >= 0.3 is 5.97 Å². The van der Waals surface area contributed by atoms with Crippen LogP contribution in [-0.2, 0) is 9.53 Å². The Labute approximate surface area is 152 Å². The Bertz CT molecular complexity index is 833. The Hall–Kier alpha value is -3.02. The fourth-order valence-corrected chi connectivity index (χ4v) is 3.10. The number of fused-ring (bicyclic) bond motifs is 1. The van der Waals surface area contributed by atoms with Crippen molar-refractivity contribution in [3.8, 4) is 11.5 Å². The zero-order chi connectivity index (χ0) is 18.7. The summed E-state index contributed by atoms with van der Waals surface area (Å²) in [6.07, 6.45) is -0.488. The van der Waals surface area contributed by atoms with Crippen LogP contribution < -0.4 is 14.8 Å². The number of ether oxygens (including phenoxy) is 3. The van der Waals surface area contributed by atoms with E-state index in [2.05, 4.69) is 5.32 Å². The molecule has 0 spiro atoms. The van der Waals surface area contributed by atoms with Crippen LogP contribution in [0, 0.1) is 0 Å². The molecule has 0 saturated carbocycles. The van der Waals surface area contributed by atoms with E-state index in [9.17, 15) is 9.59 Å². The Balaban J connectivity index is 1.70. The van der Waals surface area contributed by atoms with Gasteiger partial charge in [0.1, 0.15) is 17.6 Å². The summed E-state index contributed by atoms with van der Waals surface area (Å²) in [5, 5.41) is 2.93. The molecule has 0 bridgehead atoms. The lowest BCUT2D eigenvalue weighted by molar-refractivity contribution is -0.123. The molecular weight excluding hydrogens is 334 g/mol. The molecule has 0 aromatic heterocycles. The number of carbonyl (C=O) groups excluding carboxylic acids is 2. The van der Waals surface area contributed by atoms with Crippen molar-refractivity contribution in [2.75, 3.05) is 14.2 Å². The number of rotatable bonds is 6. The zero-order valence-electron chi connectivity index (χ0n) is 14.9. The van der Waals surface area contributed by atoms with Gasteiger partial charge in [0.25, 0.3) is 0 Å². The summed E-state index contributed by atoms with van der Waals surface area (Å²) in [7, 11) is 3.16. The molecule has 6 heteroatoms. The van der Waals surface area contributed by atoms with Crippen molar-refractivity contribution < 1.29 is 23.8 Å². The number of nitrogens with one attached hydrogen (secondary N) is 1. The summed E-state index contributed by atoms with van der Waals surface area (Å²) in [6, 6.07) is 12.3. The van der Waals surface area contributed by atoms with E-state index >= 15 is 0 Å². The minimum atomic E-state index is -0.557. The van der Waals surface area contributed by atoms with Crippen LogP contribution in [0.25, 0.3) is 0 Å². The third-order valence-electron chi connectivity index (χ3n) is 4.43. The van der Waals surface area contributed by atoms with Gasteiger partial charge in [0.05, 0.1) is 32.2 Å². The van der Waals surface area contributed by atoms with Gasteiger partial charge in [0.15, 0.2) is 0 Å². The van der Waals surface area contributed by atoms with Crippen molar-refractivity contribution in [1.29, 1.82) is 0 Å². The lowest BCUT2D eigenvalue weighted by Crippen LogP contribution is -2.28. The van der Waals surface area contributed by atoms with Crippen LogP contribution in [0.2, 0.25) is 0 Å². The van der Waals surface area contributed by atoms with Gasteiger partial charge in [-0.05, 0) is 31.2 Å². The maximum absolute atomic E-state index is 12.5. The van der Waals surface area contributed by atoms with E-state index in [0.29, 0.717) is 17.1 Å². The van der Waals surface area contributed by atoms with Crippen molar-refractivity contribution >= 4 is 11.9 Å². The summed E-state index contributed by atoms with van der Waals surface area (Å²) in [4.78, 5) is 24.3. The highest BCUT2D eigenvalue weighted by molar-refractivity contribution is 5.94. The fraction of sp³-hybridized carbons (Fsp3) is 0.300. The van der Waals surface area contributed by atoms with Gasteiger partial charge in [-0.25, -0.2) is 4.79 Å². The number of hydrogen-bond acceptors (Lipinski definition) is 5. The van der Waals surface area contributed by atoms with Crippen LogP contribution in [-0.4, -0.2) is 26.1 Å². The molecule has 26 heavy (non-hydrogen) atoms. The zero-order valence-corrected chi connectivity index (χ0v) is 14.9. The molecule has 2 atom stereocenters. The quantitative estimate of drug-likeness (QED) is 0.806. The van der Waals surface area contributed by atoms with Gasteiger partial charge in [0, 0.05) is 11.1 Å². The average Bonchev–Trinajstić information content (AvgIpc) is 2.97. The van der Waals surface area contributed by atoms with Crippen LogP contribution in [0.15, 0.2) is 42.5 Å². The van der Waals surface area contributed by atoms with Crippen molar-refractivity contribution in [2.45, 2.75) is 25.5 Å². The summed E-state index contributed by atoms with van der Waals surface area (Å²) in [6.45, 7) is 1.86. The predicted octanol–water partition coefficient (Wildman–Crippen LogP) is 3.18. The smallest absolute Gasteiger partial charge is 0.339 e. The monoisotopic (exact) mass is 355 g/mol. The van der Waals surface area contributed by atoms with E-state index in [1.807, 2.05) is 25.1 Å². The second-order valence-electron chi connectivity index (χ2n) is 6.08. The molecule has 1 heterocycles. The third kappa shape index (κ3) is 3.49. The first-order valence-corrected chi connectivity index (χ1v) is 8.34. The van der Waals surface area contributed by atoms with Crippen molar-refractivity contribution in [2.24, 2.45) is 0 Å². The summed E-state index contributed by atoms with van der Waals surface area (Å²) in [5.74, 6) is 0.745. The first kappa shape index (κ1) is 17.8. The van der Waals surface area contributed by atoms with E-state index in [1.54, 1.807) is 38.5 Å². The van der Waals surface area contributed by atoms with E-state index in [0.717, 1.165) is 11.1 Å². The Kier molecular flexibility index (Phi) is 5.11. The molecule has 1 aliphatic heterocycles. The lowest BCUT2D eigenvalue weighted by Gasteiger charge is -2.19. The number of benzene rings is 2. The standard InChI is InChI=1S/C20H21NO5/c1-12(16-10-13(24-2)8-9-17(16)25-3)21-19(22)11-18-14-6-4-5-7-15(14)20(23)26-18/h4-10,12,18H,11H2,1-3H3,(H,21,22). The van der Waals surface area contributed by atoms with Crippen molar-refractivity contribution in [3.63, 3.8) is 0 Å². The van der Waals surface area contributed by atoms with Gasteiger partial charge in [-0.1, -0.05) is 18.2 Å². The highest BCUT2D eigenvalue weighted by atomic mass is 16.5. The van der Waals surface area contributed by atoms with E-state index < -0.39 is 6.10 Å². The molecule has 3 rings (SSSR count). The maximum Gasteiger partial charge on any atom is 0.339 e.